The van der Waals surface area contributed by atoms with E-state index in [2.05, 4.69) is 5.32 Å². The number of nitrogens with one attached hydrogen (secondary N) is 1. The zero-order chi connectivity index (χ0) is 9.26. The number of rotatable bonds is 3. The van der Waals surface area contributed by atoms with E-state index in [-0.39, 0.29) is 5.82 Å². The predicted molar refractivity (Wildman–Crippen MR) is 51.3 cm³/mol. The molecule has 1 fully saturated rings. The van der Waals surface area contributed by atoms with Gasteiger partial charge in [-0.1, -0.05) is 11.6 Å². The van der Waals surface area contributed by atoms with Gasteiger partial charge in [0, 0.05) is 17.6 Å². The van der Waals surface area contributed by atoms with Crippen LogP contribution in [-0.4, -0.2) is 6.04 Å². The Labute approximate surface area is 81.9 Å². The van der Waals surface area contributed by atoms with Crippen LogP contribution >= 0.6 is 11.6 Å². The Morgan fingerprint density at radius 3 is 2.77 bits per heavy atom. The molecule has 1 aliphatic rings. The lowest BCUT2D eigenvalue weighted by Crippen LogP contribution is -2.15. The van der Waals surface area contributed by atoms with Crippen molar-refractivity contribution in [2.24, 2.45) is 0 Å². The molecule has 0 heterocycles. The minimum absolute atomic E-state index is 0.264. The summed E-state index contributed by atoms with van der Waals surface area (Å²) < 4.78 is 12.9. The molecule has 0 unspecified atom stereocenters. The van der Waals surface area contributed by atoms with Crippen LogP contribution in [0.25, 0.3) is 0 Å². The van der Waals surface area contributed by atoms with Gasteiger partial charge in [-0.2, -0.15) is 0 Å². The van der Waals surface area contributed by atoms with Gasteiger partial charge in [0.05, 0.1) is 0 Å². The van der Waals surface area contributed by atoms with Crippen molar-refractivity contribution in [1.82, 2.24) is 5.32 Å². The second-order valence-corrected chi connectivity index (χ2v) is 3.87. The maximum atomic E-state index is 12.9. The van der Waals surface area contributed by atoms with Crippen LogP contribution in [0.2, 0.25) is 5.02 Å². The van der Waals surface area contributed by atoms with Gasteiger partial charge in [0.15, 0.2) is 0 Å². The summed E-state index contributed by atoms with van der Waals surface area (Å²) in [7, 11) is 0. The second-order valence-electron chi connectivity index (χ2n) is 3.43. The van der Waals surface area contributed by atoms with Gasteiger partial charge in [0.2, 0.25) is 0 Å². The molecule has 1 aliphatic carbocycles. The van der Waals surface area contributed by atoms with E-state index >= 15 is 0 Å². The van der Waals surface area contributed by atoms with E-state index in [1.54, 1.807) is 6.07 Å². The van der Waals surface area contributed by atoms with Crippen LogP contribution in [0.5, 0.6) is 0 Å². The van der Waals surface area contributed by atoms with E-state index in [4.69, 9.17) is 11.6 Å². The van der Waals surface area contributed by atoms with Crippen molar-refractivity contribution < 1.29 is 4.39 Å². The second kappa shape index (κ2) is 3.64. The van der Waals surface area contributed by atoms with Gasteiger partial charge < -0.3 is 5.32 Å². The molecule has 0 atom stereocenters. The molecular weight excluding hydrogens is 189 g/mol. The molecule has 1 nitrogen and oxygen atoms in total. The summed E-state index contributed by atoms with van der Waals surface area (Å²) in [5, 5.41) is 3.77. The number of hydrogen-bond acceptors (Lipinski definition) is 1. The average Bonchev–Trinajstić information content (AvgIpc) is 2.81. The van der Waals surface area contributed by atoms with Gasteiger partial charge in [0.25, 0.3) is 0 Å². The SMILES string of the molecule is Fc1cc(Cl)cc(CNC2CC2)c1. The lowest BCUT2D eigenvalue weighted by Gasteiger charge is -2.03. The Morgan fingerprint density at radius 2 is 2.15 bits per heavy atom. The third kappa shape index (κ3) is 2.68. The van der Waals surface area contributed by atoms with Gasteiger partial charge in [-0.3, -0.25) is 0 Å². The Hall–Kier alpha value is -0.600. The minimum Gasteiger partial charge on any atom is -0.310 e. The maximum Gasteiger partial charge on any atom is 0.125 e. The fourth-order valence-corrected chi connectivity index (χ4v) is 1.51. The molecule has 1 N–H and O–H groups in total. The molecule has 0 saturated heterocycles. The molecule has 0 aromatic heterocycles. The topological polar surface area (TPSA) is 12.0 Å². The number of halogens is 2. The highest BCUT2D eigenvalue weighted by Gasteiger charge is 2.19. The predicted octanol–water partition coefficient (Wildman–Crippen LogP) is 2.73. The smallest absolute Gasteiger partial charge is 0.125 e. The zero-order valence-electron chi connectivity index (χ0n) is 7.19. The zero-order valence-corrected chi connectivity index (χ0v) is 7.94. The third-order valence-corrected chi connectivity index (χ3v) is 2.31. The highest BCUT2D eigenvalue weighted by molar-refractivity contribution is 6.30. The van der Waals surface area contributed by atoms with Gasteiger partial charge in [-0.05, 0) is 36.6 Å². The highest BCUT2D eigenvalue weighted by atomic mass is 35.5. The summed E-state index contributed by atoms with van der Waals surface area (Å²) in [5.41, 5.74) is 0.914. The van der Waals surface area contributed by atoms with Gasteiger partial charge in [0.1, 0.15) is 5.82 Å². The lowest BCUT2D eigenvalue weighted by molar-refractivity contribution is 0.619. The van der Waals surface area contributed by atoms with Crippen LogP contribution in [-0.2, 0) is 6.54 Å². The monoisotopic (exact) mass is 199 g/mol. The van der Waals surface area contributed by atoms with Crippen molar-refractivity contribution in [2.75, 3.05) is 0 Å². The van der Waals surface area contributed by atoms with Crippen molar-refractivity contribution in [3.05, 3.63) is 34.6 Å². The summed E-state index contributed by atoms with van der Waals surface area (Å²) in [5.74, 6) is -0.264. The fraction of sp³-hybridized carbons (Fsp3) is 0.400. The summed E-state index contributed by atoms with van der Waals surface area (Å²) in [6.07, 6.45) is 2.48. The standard InChI is InChI=1S/C10H11ClFN/c11-8-3-7(4-9(12)5-8)6-13-10-1-2-10/h3-5,10,13H,1-2,6H2. The van der Waals surface area contributed by atoms with Gasteiger partial charge in [-0.25, -0.2) is 4.39 Å². The molecule has 0 radical (unpaired) electrons. The first-order valence-electron chi connectivity index (χ1n) is 4.42. The molecule has 1 aromatic carbocycles. The molecule has 1 saturated carbocycles. The highest BCUT2D eigenvalue weighted by Crippen LogP contribution is 2.20. The minimum atomic E-state index is -0.264. The first kappa shape index (κ1) is 8.97. The van der Waals surface area contributed by atoms with E-state index < -0.39 is 0 Å². The van der Waals surface area contributed by atoms with Crippen LogP contribution in [0, 0.1) is 5.82 Å². The molecule has 0 aliphatic heterocycles. The van der Waals surface area contributed by atoms with E-state index in [1.165, 1.54) is 25.0 Å². The van der Waals surface area contributed by atoms with Crippen molar-refractivity contribution >= 4 is 11.6 Å². The average molecular weight is 200 g/mol. The van der Waals surface area contributed by atoms with Crippen LogP contribution in [0.3, 0.4) is 0 Å². The molecule has 13 heavy (non-hydrogen) atoms. The van der Waals surface area contributed by atoms with Gasteiger partial charge in [-0.15, -0.1) is 0 Å². The normalized spacial score (nSPS) is 16.2. The quantitative estimate of drug-likeness (QED) is 0.790. The molecule has 0 bridgehead atoms. The largest absolute Gasteiger partial charge is 0.310 e. The van der Waals surface area contributed by atoms with Crippen LogP contribution in [0.4, 0.5) is 4.39 Å². The van der Waals surface area contributed by atoms with Gasteiger partial charge >= 0.3 is 0 Å². The molecule has 2 rings (SSSR count). The Balaban J connectivity index is 2.01. The summed E-state index contributed by atoms with van der Waals surface area (Å²) in [4.78, 5) is 0. The molecular formula is C10H11ClFN. The molecule has 1 aromatic rings. The summed E-state index contributed by atoms with van der Waals surface area (Å²) >= 11 is 5.71. The van der Waals surface area contributed by atoms with Crippen molar-refractivity contribution in [3.8, 4) is 0 Å². The Kier molecular flexibility index (Phi) is 2.51. The van der Waals surface area contributed by atoms with Crippen molar-refractivity contribution in [3.63, 3.8) is 0 Å². The first-order valence-corrected chi connectivity index (χ1v) is 4.80. The molecule has 0 spiro atoms. The van der Waals surface area contributed by atoms with Crippen LogP contribution in [0.15, 0.2) is 18.2 Å². The first-order chi connectivity index (χ1) is 6.24. The Bertz CT molecular complexity index is 290. The fourth-order valence-electron chi connectivity index (χ4n) is 1.26. The van der Waals surface area contributed by atoms with E-state index in [0.29, 0.717) is 17.6 Å². The van der Waals surface area contributed by atoms with E-state index in [1.807, 2.05) is 0 Å². The maximum absolute atomic E-state index is 12.9. The van der Waals surface area contributed by atoms with E-state index in [9.17, 15) is 4.39 Å². The molecule has 70 valence electrons. The third-order valence-electron chi connectivity index (χ3n) is 2.09. The van der Waals surface area contributed by atoms with Crippen LogP contribution in [0.1, 0.15) is 18.4 Å². The summed E-state index contributed by atoms with van der Waals surface area (Å²) in [6, 6.07) is 5.27. The van der Waals surface area contributed by atoms with Crippen molar-refractivity contribution in [1.29, 1.82) is 0 Å². The van der Waals surface area contributed by atoms with Crippen LogP contribution < -0.4 is 5.32 Å². The Morgan fingerprint density at radius 1 is 1.38 bits per heavy atom. The number of hydrogen-bond donors (Lipinski definition) is 1. The van der Waals surface area contributed by atoms with Crippen molar-refractivity contribution in [2.45, 2.75) is 25.4 Å². The molecule has 3 heteroatoms. The lowest BCUT2D eigenvalue weighted by atomic mass is 10.2. The molecule has 0 amide bonds. The van der Waals surface area contributed by atoms with E-state index in [0.717, 1.165) is 5.56 Å². The number of benzene rings is 1. The summed E-state index contributed by atoms with van der Waals surface area (Å²) in [6.45, 7) is 0.710.